The zero-order valence-electron chi connectivity index (χ0n) is 27.6. The van der Waals surface area contributed by atoms with Crippen molar-refractivity contribution >= 4 is 29.1 Å². The van der Waals surface area contributed by atoms with E-state index in [0.29, 0.717) is 5.92 Å². The third kappa shape index (κ3) is 5.73. The van der Waals surface area contributed by atoms with E-state index >= 15 is 4.57 Å². The van der Waals surface area contributed by atoms with Crippen molar-refractivity contribution in [2.24, 2.45) is 5.92 Å². The van der Waals surface area contributed by atoms with E-state index in [2.05, 4.69) is 144 Å². The number of aryl methyl sites for hydroxylation is 1. The van der Waals surface area contributed by atoms with Crippen LogP contribution in [0.4, 0.5) is 0 Å². The highest BCUT2D eigenvalue weighted by Crippen LogP contribution is 2.59. The highest BCUT2D eigenvalue weighted by atomic mass is 31.2. The molecule has 0 aromatic heterocycles. The summed E-state index contributed by atoms with van der Waals surface area (Å²) in [6.45, 7) is 0.991. The molecule has 48 heavy (non-hydrogen) atoms. The third-order valence-corrected chi connectivity index (χ3v) is 14.7. The molecule has 0 bridgehead atoms. The van der Waals surface area contributed by atoms with Crippen LogP contribution in [-0.4, -0.2) is 23.3 Å². The van der Waals surface area contributed by atoms with Gasteiger partial charge in [0, 0.05) is 28.7 Å². The number of fused-ring (bicyclic) bond motifs is 1. The van der Waals surface area contributed by atoms with Gasteiger partial charge in [-0.25, -0.2) is 0 Å². The Hall–Kier alpha value is -4.33. The van der Waals surface area contributed by atoms with E-state index in [0.717, 1.165) is 30.0 Å². The van der Waals surface area contributed by atoms with Crippen molar-refractivity contribution in [3.8, 4) is 0 Å². The molecule has 5 aromatic rings. The van der Waals surface area contributed by atoms with Crippen LogP contribution in [0.1, 0.15) is 66.7 Å². The van der Waals surface area contributed by atoms with Gasteiger partial charge in [0.05, 0.1) is 11.4 Å². The van der Waals surface area contributed by atoms with E-state index in [1.165, 1.54) is 65.8 Å². The smallest absolute Gasteiger partial charge is 0.146 e. The fourth-order valence-electron chi connectivity index (χ4n) is 8.84. The molecule has 5 aromatic carbocycles. The Labute approximate surface area is 286 Å². The summed E-state index contributed by atoms with van der Waals surface area (Å²) in [5, 5.41) is 6.12. The SMILES string of the molecule is O=P(c1ccccc1)(c1ccccc1)[C@H]1CCc2ccccc2C1[C@@H]1NC(c2ccccc2)=C(c2ccccc2)N1CC1CCCCC1. The van der Waals surface area contributed by atoms with Crippen molar-refractivity contribution in [2.75, 3.05) is 6.54 Å². The quantitative estimate of drug-likeness (QED) is 0.170. The second-order valence-corrected chi connectivity index (χ2v) is 16.9. The third-order valence-electron chi connectivity index (χ3n) is 11.1. The first-order valence-electron chi connectivity index (χ1n) is 17.9. The zero-order valence-corrected chi connectivity index (χ0v) is 28.5. The first kappa shape index (κ1) is 31.0. The largest absolute Gasteiger partial charge is 0.362 e. The van der Waals surface area contributed by atoms with Gasteiger partial charge in [0.25, 0.3) is 0 Å². The van der Waals surface area contributed by atoms with Gasteiger partial charge in [0.2, 0.25) is 0 Å². The molecular weight excluding hydrogens is 603 g/mol. The van der Waals surface area contributed by atoms with Crippen LogP contribution in [0.3, 0.4) is 0 Å². The lowest BCUT2D eigenvalue weighted by Crippen LogP contribution is -2.50. The van der Waals surface area contributed by atoms with E-state index in [-0.39, 0.29) is 17.7 Å². The molecule has 1 N–H and O–H groups in total. The van der Waals surface area contributed by atoms with Gasteiger partial charge in [-0.2, -0.15) is 0 Å². The molecule has 4 heteroatoms. The number of nitrogens with one attached hydrogen (secondary N) is 1. The van der Waals surface area contributed by atoms with Gasteiger partial charge in [-0.15, -0.1) is 0 Å². The van der Waals surface area contributed by atoms with Crippen molar-refractivity contribution in [3.05, 3.63) is 168 Å². The van der Waals surface area contributed by atoms with Crippen molar-refractivity contribution < 1.29 is 4.57 Å². The zero-order chi connectivity index (χ0) is 32.3. The van der Waals surface area contributed by atoms with Crippen LogP contribution >= 0.6 is 7.14 Å². The van der Waals surface area contributed by atoms with Crippen molar-refractivity contribution in [1.82, 2.24) is 10.2 Å². The molecule has 3 aliphatic rings. The van der Waals surface area contributed by atoms with Gasteiger partial charge in [0.1, 0.15) is 13.3 Å². The van der Waals surface area contributed by atoms with Gasteiger partial charge in [-0.1, -0.05) is 165 Å². The lowest BCUT2D eigenvalue weighted by molar-refractivity contribution is 0.189. The summed E-state index contributed by atoms with van der Waals surface area (Å²) in [7, 11) is -3.10. The minimum Gasteiger partial charge on any atom is -0.362 e. The fraction of sp³-hybridized carbons (Fsp3) is 0.273. The number of hydrogen-bond acceptors (Lipinski definition) is 3. The van der Waals surface area contributed by atoms with Crippen molar-refractivity contribution in [1.29, 1.82) is 0 Å². The molecule has 8 rings (SSSR count). The minimum absolute atomic E-state index is 0.00436. The Kier molecular flexibility index (Phi) is 8.81. The number of rotatable bonds is 8. The van der Waals surface area contributed by atoms with Gasteiger partial charge >= 0.3 is 0 Å². The number of nitrogens with zero attached hydrogens (tertiary/aromatic N) is 1. The number of benzene rings is 5. The average molecular weight is 649 g/mol. The summed E-state index contributed by atoms with van der Waals surface area (Å²) in [5.74, 6) is 0.633. The molecule has 1 unspecified atom stereocenters. The predicted molar refractivity (Wildman–Crippen MR) is 201 cm³/mol. The van der Waals surface area contributed by atoms with Crippen molar-refractivity contribution in [3.63, 3.8) is 0 Å². The molecule has 1 heterocycles. The first-order chi connectivity index (χ1) is 23.7. The van der Waals surface area contributed by atoms with E-state index in [4.69, 9.17) is 0 Å². The molecular formula is C44H45N2OP. The highest BCUT2D eigenvalue weighted by molar-refractivity contribution is 7.79. The fourth-order valence-corrected chi connectivity index (χ4v) is 12.4. The maximum absolute atomic E-state index is 16.3. The van der Waals surface area contributed by atoms with E-state index in [1.807, 2.05) is 12.1 Å². The summed E-state index contributed by atoms with van der Waals surface area (Å²) in [4.78, 5) is 2.72. The van der Waals surface area contributed by atoms with Crippen LogP contribution in [0.2, 0.25) is 0 Å². The van der Waals surface area contributed by atoms with Gasteiger partial charge in [-0.3, -0.25) is 0 Å². The summed E-state index contributed by atoms with van der Waals surface area (Å²) >= 11 is 0. The lowest BCUT2D eigenvalue weighted by atomic mass is 9.79. The Balaban J connectivity index is 1.34. The molecule has 3 atom stereocenters. The van der Waals surface area contributed by atoms with Crippen LogP contribution in [0, 0.1) is 5.92 Å². The Morgan fingerprint density at radius 1 is 0.604 bits per heavy atom. The van der Waals surface area contributed by atoms with Crippen LogP contribution in [0.25, 0.3) is 11.4 Å². The first-order valence-corrected chi connectivity index (χ1v) is 19.7. The lowest BCUT2D eigenvalue weighted by Gasteiger charge is -2.45. The molecule has 1 fully saturated rings. The van der Waals surface area contributed by atoms with Crippen LogP contribution in [-0.2, 0) is 11.0 Å². The normalized spacial score (nSPS) is 21.5. The summed E-state index contributed by atoms with van der Waals surface area (Å²) in [5.41, 5.74) is 7.54. The monoisotopic (exact) mass is 648 g/mol. The van der Waals surface area contributed by atoms with Gasteiger partial charge in [-0.05, 0) is 53.9 Å². The molecule has 1 aliphatic heterocycles. The van der Waals surface area contributed by atoms with Gasteiger partial charge in [0.15, 0.2) is 0 Å². The van der Waals surface area contributed by atoms with E-state index < -0.39 is 7.14 Å². The Morgan fingerprint density at radius 3 is 1.77 bits per heavy atom. The summed E-state index contributed by atoms with van der Waals surface area (Å²) in [6, 6.07) is 51.6. The van der Waals surface area contributed by atoms with Crippen LogP contribution < -0.4 is 15.9 Å². The van der Waals surface area contributed by atoms with Crippen LogP contribution in [0.15, 0.2) is 146 Å². The second kappa shape index (κ2) is 13.7. The minimum atomic E-state index is -3.10. The maximum Gasteiger partial charge on any atom is 0.146 e. The number of hydrogen-bond donors (Lipinski definition) is 1. The molecule has 3 nitrogen and oxygen atoms in total. The molecule has 0 radical (unpaired) electrons. The summed E-state index contributed by atoms with van der Waals surface area (Å²) in [6.07, 6.45) is 8.23. The van der Waals surface area contributed by atoms with Crippen LogP contribution in [0.5, 0.6) is 0 Å². The predicted octanol–water partition coefficient (Wildman–Crippen LogP) is 9.44. The molecule has 0 spiro atoms. The van der Waals surface area contributed by atoms with E-state index in [9.17, 15) is 0 Å². The average Bonchev–Trinajstić information content (AvgIpc) is 3.54. The molecule has 1 saturated carbocycles. The molecule has 242 valence electrons. The second-order valence-electron chi connectivity index (χ2n) is 13.9. The Bertz CT molecular complexity index is 1860. The summed E-state index contributed by atoms with van der Waals surface area (Å²) < 4.78 is 16.3. The molecule has 0 amide bonds. The maximum atomic E-state index is 16.3. The van der Waals surface area contributed by atoms with E-state index in [1.54, 1.807) is 0 Å². The van der Waals surface area contributed by atoms with Gasteiger partial charge < -0.3 is 14.8 Å². The molecule has 0 saturated heterocycles. The highest BCUT2D eigenvalue weighted by Gasteiger charge is 2.50. The Morgan fingerprint density at radius 2 is 1.15 bits per heavy atom. The van der Waals surface area contributed by atoms with Crippen molar-refractivity contribution in [2.45, 2.75) is 62.7 Å². The standard InChI is InChI=1S/C44H45N2OP/c47-48(37-25-12-4-13-26-37,38-27-14-5-15-28-38)40-31-30-34-20-16-17-29-39(34)41(40)44-45-42(35-21-8-2-9-22-35)43(36-23-10-3-11-24-36)46(44)32-33-18-6-1-7-19-33/h2-5,8-17,20-29,33,40-41,44-45H,1,6-7,18-19,30-32H2/t40-,41?,44+/m0/s1. The topological polar surface area (TPSA) is 32.3 Å². The molecule has 2 aliphatic carbocycles.